The summed E-state index contributed by atoms with van der Waals surface area (Å²) in [5.41, 5.74) is 2.82. The van der Waals surface area contributed by atoms with Gasteiger partial charge in [-0.05, 0) is 66.8 Å². The molecule has 2 atom stereocenters. The fraction of sp³-hybridized carbons (Fsp3) is 0.297. The summed E-state index contributed by atoms with van der Waals surface area (Å²) >= 11 is 0. The van der Waals surface area contributed by atoms with Gasteiger partial charge in [0.25, 0.3) is 10.0 Å². The van der Waals surface area contributed by atoms with Crippen molar-refractivity contribution in [2.75, 3.05) is 18.0 Å². The minimum Gasteiger partial charge on any atom is -0.497 e. The van der Waals surface area contributed by atoms with Crippen molar-refractivity contribution in [2.45, 2.75) is 63.6 Å². The van der Waals surface area contributed by atoms with Gasteiger partial charge < -0.3 is 15.0 Å². The van der Waals surface area contributed by atoms with Crippen LogP contribution in [-0.4, -0.2) is 50.9 Å². The second kappa shape index (κ2) is 16.1. The van der Waals surface area contributed by atoms with E-state index in [-0.39, 0.29) is 29.8 Å². The van der Waals surface area contributed by atoms with Crippen molar-refractivity contribution >= 4 is 27.5 Å². The smallest absolute Gasteiger partial charge is 0.264 e. The zero-order valence-electron chi connectivity index (χ0n) is 26.9. The highest BCUT2D eigenvalue weighted by Crippen LogP contribution is 2.28. The predicted molar refractivity (Wildman–Crippen MR) is 182 cm³/mol. The van der Waals surface area contributed by atoms with Crippen LogP contribution < -0.4 is 14.4 Å². The monoisotopic (exact) mass is 641 g/mol. The van der Waals surface area contributed by atoms with Crippen LogP contribution in [0.3, 0.4) is 0 Å². The Labute approximate surface area is 273 Å². The zero-order chi connectivity index (χ0) is 33.1. The number of carbonyl (C=O) groups is 2. The minimum absolute atomic E-state index is 0.0656. The first-order valence-corrected chi connectivity index (χ1v) is 17.0. The molecule has 1 N–H and O–H groups in total. The van der Waals surface area contributed by atoms with Crippen molar-refractivity contribution in [3.63, 3.8) is 0 Å². The van der Waals surface area contributed by atoms with Gasteiger partial charge in [0.15, 0.2) is 0 Å². The molecule has 0 fully saturated rings. The van der Waals surface area contributed by atoms with Gasteiger partial charge in [-0.2, -0.15) is 0 Å². The van der Waals surface area contributed by atoms with Gasteiger partial charge >= 0.3 is 0 Å². The van der Waals surface area contributed by atoms with Gasteiger partial charge in [0.05, 0.1) is 17.7 Å². The maximum Gasteiger partial charge on any atom is 0.264 e. The summed E-state index contributed by atoms with van der Waals surface area (Å²) in [7, 11) is -2.59. The fourth-order valence-corrected chi connectivity index (χ4v) is 6.72. The van der Waals surface area contributed by atoms with Gasteiger partial charge in [0, 0.05) is 19.0 Å². The largest absolute Gasteiger partial charge is 0.497 e. The lowest BCUT2D eigenvalue weighted by molar-refractivity contribution is -0.140. The van der Waals surface area contributed by atoms with Gasteiger partial charge in [-0.15, -0.1) is 0 Å². The number of nitrogens with zero attached hydrogens (tertiary/aromatic N) is 2. The normalized spacial score (nSPS) is 12.5. The van der Waals surface area contributed by atoms with Crippen molar-refractivity contribution < 1.29 is 22.7 Å². The maximum atomic E-state index is 14.7. The summed E-state index contributed by atoms with van der Waals surface area (Å²) in [6.45, 7) is 5.41. The van der Waals surface area contributed by atoms with Crippen molar-refractivity contribution in [1.82, 2.24) is 10.2 Å². The Morgan fingerprint density at radius 3 is 2.11 bits per heavy atom. The lowest BCUT2D eigenvalue weighted by Crippen LogP contribution is -2.54. The molecule has 0 aromatic heterocycles. The number of anilines is 1. The molecule has 4 aromatic rings. The molecule has 0 saturated carbocycles. The molecule has 0 saturated heterocycles. The summed E-state index contributed by atoms with van der Waals surface area (Å²) in [4.78, 5) is 30.2. The second-order valence-electron chi connectivity index (χ2n) is 11.2. The molecule has 0 radical (unpaired) electrons. The molecule has 0 unspecified atom stereocenters. The molecule has 4 aromatic carbocycles. The lowest BCUT2D eigenvalue weighted by atomic mass is 10.0. The average Bonchev–Trinajstić information content (AvgIpc) is 3.09. The van der Waals surface area contributed by atoms with Gasteiger partial charge in [-0.3, -0.25) is 13.9 Å². The number of carbonyl (C=O) groups excluding carboxylic acids is 2. The first-order valence-electron chi connectivity index (χ1n) is 15.6. The molecule has 8 nitrogen and oxygen atoms in total. The number of methoxy groups -OCH3 is 1. The van der Waals surface area contributed by atoms with E-state index in [1.54, 1.807) is 37.4 Å². The van der Waals surface area contributed by atoms with E-state index in [2.05, 4.69) is 5.32 Å². The van der Waals surface area contributed by atoms with Crippen LogP contribution in [0.2, 0.25) is 0 Å². The number of para-hydroxylation sites is 1. The molecular weight excluding hydrogens is 598 g/mol. The number of hydrogen-bond donors (Lipinski definition) is 1. The van der Waals surface area contributed by atoms with Crippen LogP contribution in [0.15, 0.2) is 114 Å². The highest BCUT2D eigenvalue weighted by molar-refractivity contribution is 7.92. The van der Waals surface area contributed by atoms with Gasteiger partial charge in [-0.25, -0.2) is 8.42 Å². The summed E-state index contributed by atoms with van der Waals surface area (Å²) in [6.07, 6.45) is 1.52. The topological polar surface area (TPSA) is 96.0 Å². The third kappa shape index (κ3) is 8.54. The van der Waals surface area contributed by atoms with Crippen LogP contribution in [0.5, 0.6) is 5.75 Å². The zero-order valence-corrected chi connectivity index (χ0v) is 27.7. The third-order valence-electron chi connectivity index (χ3n) is 8.01. The number of rotatable bonds is 15. The number of benzene rings is 4. The van der Waals surface area contributed by atoms with E-state index in [9.17, 15) is 18.0 Å². The summed E-state index contributed by atoms with van der Waals surface area (Å²) in [5, 5.41) is 3.06. The lowest BCUT2D eigenvalue weighted by Gasteiger charge is -2.34. The van der Waals surface area contributed by atoms with Gasteiger partial charge in [0.2, 0.25) is 11.8 Å². The highest BCUT2D eigenvalue weighted by atomic mass is 32.2. The standard InChI is InChI=1S/C37H43N3O5S/c1-5-28(3)38-37(42)35(25-29-16-9-7-10-17-29)39(26-30-18-15-20-32(24-30)45-4)36(41)27-40(34-23-14-13-19-31(34)6-2)46(43,44)33-21-11-8-12-22-33/h7-24,28,35H,5-6,25-27H2,1-4H3,(H,38,42)/t28-,35+/m1/s1. The Hall–Kier alpha value is -4.63. The molecule has 46 heavy (non-hydrogen) atoms. The molecule has 4 rings (SSSR count). The minimum atomic E-state index is -4.16. The molecule has 0 aliphatic carbocycles. The number of ether oxygens (including phenoxy) is 1. The van der Waals surface area contributed by atoms with E-state index in [0.717, 1.165) is 16.7 Å². The van der Waals surface area contributed by atoms with E-state index >= 15 is 0 Å². The Morgan fingerprint density at radius 1 is 0.826 bits per heavy atom. The number of amides is 2. The van der Waals surface area contributed by atoms with Crippen molar-refractivity contribution in [3.05, 3.63) is 126 Å². The molecule has 0 aliphatic heterocycles. The highest BCUT2D eigenvalue weighted by Gasteiger charge is 2.35. The van der Waals surface area contributed by atoms with Crippen LogP contribution in [0.1, 0.15) is 43.9 Å². The van der Waals surface area contributed by atoms with Crippen LogP contribution in [0, 0.1) is 0 Å². The quantitative estimate of drug-likeness (QED) is 0.172. The van der Waals surface area contributed by atoms with E-state index < -0.39 is 28.5 Å². The Kier molecular flexibility index (Phi) is 12.0. The van der Waals surface area contributed by atoms with E-state index in [1.807, 2.05) is 87.5 Å². The van der Waals surface area contributed by atoms with Gasteiger partial charge in [0.1, 0.15) is 18.3 Å². The fourth-order valence-electron chi connectivity index (χ4n) is 5.25. The molecule has 9 heteroatoms. The number of hydrogen-bond acceptors (Lipinski definition) is 5. The van der Waals surface area contributed by atoms with Crippen LogP contribution in [0.25, 0.3) is 0 Å². The number of aryl methyl sites for hydroxylation is 1. The molecule has 2 amide bonds. The average molecular weight is 642 g/mol. The Morgan fingerprint density at radius 2 is 1.46 bits per heavy atom. The molecule has 242 valence electrons. The Balaban J connectivity index is 1.84. The molecule has 0 aliphatic rings. The number of nitrogens with one attached hydrogen (secondary N) is 1. The van der Waals surface area contributed by atoms with Crippen molar-refractivity contribution in [1.29, 1.82) is 0 Å². The summed E-state index contributed by atoms with van der Waals surface area (Å²) in [6, 6.07) is 31.1. The van der Waals surface area contributed by atoms with Crippen molar-refractivity contribution in [3.8, 4) is 5.75 Å². The Bertz CT molecular complexity index is 1700. The first kappa shape index (κ1) is 34.2. The van der Waals surface area contributed by atoms with E-state index in [1.165, 1.54) is 21.3 Å². The van der Waals surface area contributed by atoms with Crippen molar-refractivity contribution in [2.24, 2.45) is 0 Å². The second-order valence-corrected chi connectivity index (χ2v) is 13.1. The number of sulfonamides is 1. The molecule has 0 heterocycles. The molecular formula is C37H43N3O5S. The van der Waals surface area contributed by atoms with E-state index in [4.69, 9.17) is 4.74 Å². The van der Waals surface area contributed by atoms with Gasteiger partial charge in [-0.1, -0.05) is 92.7 Å². The van der Waals surface area contributed by atoms with E-state index in [0.29, 0.717) is 24.3 Å². The molecule has 0 spiro atoms. The third-order valence-corrected chi connectivity index (χ3v) is 9.78. The molecule has 0 bridgehead atoms. The maximum absolute atomic E-state index is 14.7. The SMILES string of the molecule is CCc1ccccc1N(CC(=O)N(Cc1cccc(OC)c1)[C@@H](Cc1ccccc1)C(=O)N[C@H](C)CC)S(=O)(=O)c1ccccc1. The van der Waals surface area contributed by atoms with Crippen LogP contribution >= 0.6 is 0 Å². The summed E-state index contributed by atoms with van der Waals surface area (Å²) in [5.74, 6) is -0.201. The van der Waals surface area contributed by atoms with Crippen LogP contribution in [-0.2, 0) is 39.0 Å². The van der Waals surface area contributed by atoms with Crippen LogP contribution in [0.4, 0.5) is 5.69 Å². The first-order chi connectivity index (χ1) is 22.2. The summed E-state index contributed by atoms with van der Waals surface area (Å²) < 4.78 is 35.1. The predicted octanol–water partition coefficient (Wildman–Crippen LogP) is 6.01.